The second kappa shape index (κ2) is 10.9. The first-order valence-electron chi connectivity index (χ1n) is 12.9. The first kappa shape index (κ1) is 28.7. The molecule has 0 radical (unpaired) electrons. The number of rotatable bonds is 8. The Morgan fingerprint density at radius 1 is 1.17 bits per heavy atom. The summed E-state index contributed by atoms with van der Waals surface area (Å²) in [6.45, 7) is -0.236. The lowest BCUT2D eigenvalue weighted by molar-refractivity contribution is -0.327. The van der Waals surface area contributed by atoms with E-state index in [9.17, 15) is 40.2 Å². The number of hydrogen-bond donors (Lipinski definition) is 6. The highest BCUT2D eigenvalue weighted by Crippen LogP contribution is 2.43. The third kappa shape index (κ3) is 4.78. The minimum Gasteiger partial charge on any atom is -0.506 e. The van der Waals surface area contributed by atoms with Crippen LogP contribution in [0.5, 0.6) is 17.2 Å². The molecule has 0 bridgehead atoms. The summed E-state index contributed by atoms with van der Waals surface area (Å²) < 4.78 is 16.7. The molecule has 0 aromatic heterocycles. The standard InChI is InChI=1S/C29H31NO11/c1-14-7-16-8-17(39-2)9-20(40-28-29(38,13-32)26(36)24(34)21(12-31)41-28)23(16)25(35)22(14)19(33)11-30-10-15-5-3-4-6-18(15)27(30)37/h3-9,21,24,26,28,31-32,34-36,38H,10-13H2,1-2H3. The lowest BCUT2D eigenvalue weighted by Gasteiger charge is -2.46. The molecule has 218 valence electrons. The zero-order valence-electron chi connectivity index (χ0n) is 22.4. The van der Waals surface area contributed by atoms with Crippen LogP contribution in [0, 0.1) is 6.92 Å². The molecular weight excluding hydrogens is 538 g/mol. The van der Waals surface area contributed by atoms with Crippen molar-refractivity contribution in [2.24, 2.45) is 0 Å². The molecule has 3 aromatic rings. The summed E-state index contributed by atoms with van der Waals surface area (Å²) in [7, 11) is 1.39. The Bertz CT molecular complexity index is 1510. The van der Waals surface area contributed by atoms with Gasteiger partial charge in [-0.1, -0.05) is 24.3 Å². The summed E-state index contributed by atoms with van der Waals surface area (Å²) in [6, 6.07) is 11.6. The number of benzene rings is 3. The van der Waals surface area contributed by atoms with Gasteiger partial charge in [0.05, 0.1) is 37.8 Å². The Labute approximate surface area is 234 Å². The zero-order chi connectivity index (χ0) is 29.6. The van der Waals surface area contributed by atoms with Gasteiger partial charge in [-0.15, -0.1) is 0 Å². The Balaban J connectivity index is 1.54. The van der Waals surface area contributed by atoms with Crippen molar-refractivity contribution in [3.8, 4) is 17.2 Å². The van der Waals surface area contributed by atoms with Crippen molar-refractivity contribution in [1.82, 2.24) is 4.90 Å². The Kier molecular flexibility index (Phi) is 7.64. The maximum Gasteiger partial charge on any atom is 0.254 e. The van der Waals surface area contributed by atoms with E-state index >= 15 is 0 Å². The number of aliphatic hydroxyl groups is 5. The number of fused-ring (bicyclic) bond motifs is 2. The van der Waals surface area contributed by atoms with Crippen LogP contribution in [0.15, 0.2) is 42.5 Å². The van der Waals surface area contributed by atoms with Gasteiger partial charge in [-0.2, -0.15) is 0 Å². The molecule has 3 aromatic carbocycles. The first-order chi connectivity index (χ1) is 19.5. The average Bonchev–Trinajstić information content (AvgIpc) is 3.27. The number of phenols is 1. The van der Waals surface area contributed by atoms with E-state index in [1.165, 1.54) is 18.1 Å². The van der Waals surface area contributed by atoms with Gasteiger partial charge in [-0.25, -0.2) is 0 Å². The van der Waals surface area contributed by atoms with Crippen molar-refractivity contribution in [3.05, 3.63) is 64.7 Å². The molecule has 12 heteroatoms. The molecule has 2 aliphatic heterocycles. The maximum atomic E-state index is 13.5. The highest BCUT2D eigenvalue weighted by molar-refractivity contribution is 6.10. The molecule has 6 N–H and O–H groups in total. The largest absolute Gasteiger partial charge is 0.506 e. The van der Waals surface area contributed by atoms with Crippen LogP contribution in [0.2, 0.25) is 0 Å². The minimum absolute atomic E-state index is 0.0286. The maximum absolute atomic E-state index is 13.5. The number of carbonyl (C=O) groups is 2. The smallest absolute Gasteiger partial charge is 0.254 e. The summed E-state index contributed by atoms with van der Waals surface area (Å²) >= 11 is 0. The molecule has 5 unspecified atom stereocenters. The molecule has 1 amide bonds. The number of Topliss-reactive ketones (excluding diaryl/α,β-unsaturated/α-hetero) is 1. The number of ether oxygens (including phenoxy) is 3. The topological polar surface area (TPSA) is 186 Å². The van der Waals surface area contributed by atoms with Crippen LogP contribution in [-0.2, 0) is 11.3 Å². The second-order valence-corrected chi connectivity index (χ2v) is 10.3. The van der Waals surface area contributed by atoms with E-state index in [1.807, 2.05) is 12.1 Å². The van der Waals surface area contributed by atoms with E-state index in [0.717, 1.165) is 5.56 Å². The van der Waals surface area contributed by atoms with Gasteiger partial charge in [-0.3, -0.25) is 9.59 Å². The minimum atomic E-state index is -2.52. The third-order valence-electron chi connectivity index (χ3n) is 7.68. The zero-order valence-corrected chi connectivity index (χ0v) is 22.4. The van der Waals surface area contributed by atoms with E-state index in [4.69, 9.17) is 14.2 Å². The molecule has 0 aliphatic carbocycles. The lowest BCUT2D eigenvalue weighted by atomic mass is 9.87. The summed E-state index contributed by atoms with van der Waals surface area (Å²) in [5.41, 5.74) is -0.848. The molecular formula is C29H31NO11. The summed E-state index contributed by atoms with van der Waals surface area (Å²) in [5, 5.41) is 63.1. The van der Waals surface area contributed by atoms with Crippen LogP contribution < -0.4 is 9.47 Å². The van der Waals surface area contributed by atoms with E-state index in [0.29, 0.717) is 16.5 Å². The quantitative estimate of drug-likeness (QED) is 0.204. The fraction of sp³-hybridized carbons (Fsp3) is 0.379. The van der Waals surface area contributed by atoms with Gasteiger partial charge >= 0.3 is 0 Å². The average molecular weight is 570 g/mol. The molecule has 1 fully saturated rings. The van der Waals surface area contributed by atoms with Crippen molar-refractivity contribution in [3.63, 3.8) is 0 Å². The normalized spacial score (nSPS) is 25.8. The number of amides is 1. The van der Waals surface area contributed by atoms with Crippen molar-refractivity contribution >= 4 is 22.5 Å². The highest BCUT2D eigenvalue weighted by atomic mass is 16.7. The van der Waals surface area contributed by atoms with Gasteiger partial charge in [0.1, 0.15) is 35.6 Å². The summed E-state index contributed by atoms with van der Waals surface area (Å²) in [5.74, 6) is -1.15. The number of nitrogens with zero attached hydrogens (tertiary/aromatic N) is 1. The van der Waals surface area contributed by atoms with E-state index in [2.05, 4.69) is 0 Å². The van der Waals surface area contributed by atoms with Crippen molar-refractivity contribution < 1.29 is 54.4 Å². The van der Waals surface area contributed by atoms with Gasteiger partial charge in [0, 0.05) is 18.2 Å². The molecule has 2 heterocycles. The highest BCUT2D eigenvalue weighted by Gasteiger charge is 2.56. The molecule has 1 saturated heterocycles. The SMILES string of the molecule is COc1cc(OC2OC(CO)C(O)C(O)C2(O)CO)c2c(O)c(C(=O)CN3Cc4ccccc4C3=O)c(C)cc2c1. The number of aromatic hydroxyl groups is 1. The van der Waals surface area contributed by atoms with Gasteiger partial charge < -0.3 is 49.7 Å². The first-order valence-corrected chi connectivity index (χ1v) is 12.9. The van der Waals surface area contributed by atoms with Crippen molar-refractivity contribution in [1.29, 1.82) is 0 Å². The van der Waals surface area contributed by atoms with Gasteiger partial charge in [-0.05, 0) is 35.6 Å². The van der Waals surface area contributed by atoms with Crippen LogP contribution in [0.25, 0.3) is 10.8 Å². The van der Waals surface area contributed by atoms with E-state index in [-0.39, 0.29) is 41.4 Å². The number of aryl methyl sites for hydroxylation is 1. The predicted molar refractivity (Wildman–Crippen MR) is 143 cm³/mol. The number of hydrogen-bond acceptors (Lipinski definition) is 11. The number of aliphatic hydroxyl groups excluding tert-OH is 4. The Hall–Kier alpha value is -3.78. The summed E-state index contributed by atoms with van der Waals surface area (Å²) in [4.78, 5) is 27.7. The van der Waals surface area contributed by atoms with Crippen molar-refractivity contribution in [2.45, 2.75) is 43.7 Å². The second-order valence-electron chi connectivity index (χ2n) is 10.3. The summed E-state index contributed by atoms with van der Waals surface area (Å²) in [6.07, 6.45) is -6.89. The van der Waals surface area contributed by atoms with Crippen LogP contribution in [0.4, 0.5) is 0 Å². The number of methoxy groups -OCH3 is 1. The fourth-order valence-corrected chi connectivity index (χ4v) is 5.41. The van der Waals surface area contributed by atoms with E-state index in [1.54, 1.807) is 31.2 Å². The monoisotopic (exact) mass is 569 g/mol. The Morgan fingerprint density at radius 2 is 1.90 bits per heavy atom. The molecule has 2 aliphatic rings. The molecule has 5 atom stereocenters. The predicted octanol–water partition coefficient (Wildman–Crippen LogP) is 0.242. The van der Waals surface area contributed by atoms with Crippen LogP contribution >= 0.6 is 0 Å². The Morgan fingerprint density at radius 3 is 2.56 bits per heavy atom. The van der Waals surface area contributed by atoms with Gasteiger partial charge in [0.25, 0.3) is 5.91 Å². The third-order valence-corrected chi connectivity index (χ3v) is 7.68. The number of phenolic OH excluding ortho intramolecular Hbond substituents is 1. The van der Waals surface area contributed by atoms with Crippen LogP contribution in [-0.4, -0.2) is 104 Å². The van der Waals surface area contributed by atoms with Crippen molar-refractivity contribution in [2.75, 3.05) is 26.9 Å². The molecule has 5 rings (SSSR count). The molecule has 41 heavy (non-hydrogen) atoms. The molecule has 12 nitrogen and oxygen atoms in total. The van der Waals surface area contributed by atoms with E-state index < -0.39 is 54.9 Å². The number of carbonyl (C=O) groups excluding carboxylic acids is 2. The molecule has 0 saturated carbocycles. The fourth-order valence-electron chi connectivity index (χ4n) is 5.41. The van der Waals surface area contributed by atoms with Crippen LogP contribution in [0.1, 0.15) is 31.8 Å². The van der Waals surface area contributed by atoms with Crippen LogP contribution in [0.3, 0.4) is 0 Å². The lowest BCUT2D eigenvalue weighted by Crippen LogP contribution is -2.69. The number of ketones is 1. The molecule has 0 spiro atoms. The van der Waals surface area contributed by atoms with Gasteiger partial charge in [0.2, 0.25) is 6.29 Å². The van der Waals surface area contributed by atoms with Gasteiger partial charge in [0.15, 0.2) is 11.4 Å².